The SMILES string of the molecule is CCOc1ccc(CN(C)c2ncc([N+](=O)[O-])cc2C(N)=O)cc1. The highest BCUT2D eigenvalue weighted by molar-refractivity contribution is 5.98. The lowest BCUT2D eigenvalue weighted by molar-refractivity contribution is -0.385. The number of pyridine rings is 1. The zero-order chi connectivity index (χ0) is 17.7. The van der Waals surface area contributed by atoms with Gasteiger partial charge in [0.05, 0.1) is 17.1 Å². The minimum absolute atomic E-state index is 0.0117. The maximum atomic E-state index is 11.6. The fourth-order valence-corrected chi connectivity index (χ4v) is 2.24. The molecule has 126 valence electrons. The maximum absolute atomic E-state index is 11.6. The Hall–Kier alpha value is -3.16. The molecule has 0 saturated heterocycles. The molecular formula is C16H18N4O4. The largest absolute Gasteiger partial charge is 0.494 e. The molecule has 24 heavy (non-hydrogen) atoms. The van der Waals surface area contributed by atoms with Crippen LogP contribution in [0.25, 0.3) is 0 Å². The number of anilines is 1. The molecule has 0 aliphatic rings. The van der Waals surface area contributed by atoms with Crippen LogP contribution in [-0.4, -0.2) is 29.5 Å². The van der Waals surface area contributed by atoms with E-state index in [0.717, 1.165) is 23.6 Å². The lowest BCUT2D eigenvalue weighted by Gasteiger charge is -2.20. The van der Waals surface area contributed by atoms with E-state index in [1.807, 2.05) is 31.2 Å². The van der Waals surface area contributed by atoms with Crippen molar-refractivity contribution in [2.24, 2.45) is 5.73 Å². The van der Waals surface area contributed by atoms with Gasteiger partial charge in [0.1, 0.15) is 17.8 Å². The highest BCUT2D eigenvalue weighted by Gasteiger charge is 2.19. The first-order chi connectivity index (χ1) is 11.4. The number of amides is 1. The number of carbonyl (C=O) groups is 1. The van der Waals surface area contributed by atoms with Gasteiger partial charge in [0, 0.05) is 19.7 Å². The normalized spacial score (nSPS) is 10.2. The van der Waals surface area contributed by atoms with Crippen molar-refractivity contribution in [2.45, 2.75) is 13.5 Å². The summed E-state index contributed by atoms with van der Waals surface area (Å²) in [4.78, 5) is 27.5. The van der Waals surface area contributed by atoms with Crippen molar-refractivity contribution in [3.63, 3.8) is 0 Å². The van der Waals surface area contributed by atoms with Gasteiger partial charge in [-0.1, -0.05) is 12.1 Å². The smallest absolute Gasteiger partial charge is 0.288 e. The topological polar surface area (TPSA) is 112 Å². The minimum atomic E-state index is -0.764. The second-order valence-corrected chi connectivity index (χ2v) is 5.12. The van der Waals surface area contributed by atoms with E-state index in [9.17, 15) is 14.9 Å². The third kappa shape index (κ3) is 3.97. The Balaban J connectivity index is 2.23. The van der Waals surface area contributed by atoms with E-state index in [1.165, 1.54) is 0 Å². The molecule has 1 aromatic heterocycles. The number of ether oxygens (including phenoxy) is 1. The Morgan fingerprint density at radius 1 is 1.38 bits per heavy atom. The first kappa shape index (κ1) is 17.2. The molecule has 0 saturated carbocycles. The molecule has 0 aliphatic heterocycles. The minimum Gasteiger partial charge on any atom is -0.494 e. The molecule has 0 radical (unpaired) electrons. The van der Waals surface area contributed by atoms with E-state index in [0.29, 0.717) is 19.0 Å². The molecule has 2 aromatic rings. The standard InChI is InChI=1S/C16H18N4O4/c1-3-24-13-6-4-11(5-7-13)10-19(2)16-14(15(17)21)8-12(9-18-16)20(22)23/h4-9H,3,10H2,1-2H3,(H2,17,21). The van der Waals surface area contributed by atoms with E-state index in [1.54, 1.807) is 11.9 Å². The van der Waals surface area contributed by atoms with Gasteiger partial charge in [0.15, 0.2) is 0 Å². The molecule has 8 nitrogen and oxygen atoms in total. The van der Waals surface area contributed by atoms with Gasteiger partial charge in [-0.05, 0) is 24.6 Å². The fourth-order valence-electron chi connectivity index (χ4n) is 2.24. The number of carbonyl (C=O) groups excluding carboxylic acids is 1. The summed E-state index contributed by atoms with van der Waals surface area (Å²) in [6, 6.07) is 8.64. The molecule has 0 aliphatic carbocycles. The van der Waals surface area contributed by atoms with Gasteiger partial charge in [-0.15, -0.1) is 0 Å². The molecule has 2 rings (SSSR count). The van der Waals surface area contributed by atoms with Gasteiger partial charge in [-0.25, -0.2) is 4.98 Å². The lowest BCUT2D eigenvalue weighted by atomic mass is 10.1. The Bertz CT molecular complexity index is 746. The number of hydrogen-bond acceptors (Lipinski definition) is 6. The average Bonchev–Trinajstić information content (AvgIpc) is 2.56. The Morgan fingerprint density at radius 2 is 2.04 bits per heavy atom. The second kappa shape index (κ2) is 7.40. The van der Waals surface area contributed by atoms with Gasteiger partial charge in [-0.2, -0.15) is 0 Å². The summed E-state index contributed by atoms with van der Waals surface area (Å²) < 4.78 is 5.39. The molecule has 2 N–H and O–H groups in total. The van der Waals surface area contributed by atoms with Crippen molar-refractivity contribution in [2.75, 3.05) is 18.6 Å². The highest BCUT2D eigenvalue weighted by Crippen LogP contribution is 2.23. The van der Waals surface area contributed by atoms with Crippen LogP contribution in [0.4, 0.5) is 11.5 Å². The van der Waals surface area contributed by atoms with Crippen LogP contribution >= 0.6 is 0 Å². The maximum Gasteiger partial charge on any atom is 0.288 e. The lowest BCUT2D eigenvalue weighted by Crippen LogP contribution is -2.23. The number of nitrogens with two attached hydrogens (primary N) is 1. The molecule has 0 spiro atoms. The van der Waals surface area contributed by atoms with Crippen LogP contribution < -0.4 is 15.4 Å². The molecule has 0 fully saturated rings. The number of rotatable bonds is 7. The van der Waals surface area contributed by atoms with E-state index in [-0.39, 0.29) is 11.3 Å². The zero-order valence-electron chi connectivity index (χ0n) is 13.4. The molecule has 8 heteroatoms. The number of aromatic nitrogens is 1. The fraction of sp³-hybridized carbons (Fsp3) is 0.250. The number of primary amides is 1. The Morgan fingerprint density at radius 3 is 2.58 bits per heavy atom. The zero-order valence-corrected chi connectivity index (χ0v) is 13.4. The van der Waals surface area contributed by atoms with Crippen LogP contribution in [-0.2, 0) is 6.54 Å². The van der Waals surface area contributed by atoms with Crippen molar-refractivity contribution >= 4 is 17.4 Å². The van der Waals surface area contributed by atoms with Crippen LogP contribution in [0.3, 0.4) is 0 Å². The number of nitro groups is 1. The van der Waals surface area contributed by atoms with E-state index >= 15 is 0 Å². The van der Waals surface area contributed by atoms with Crippen molar-refractivity contribution in [1.82, 2.24) is 4.98 Å². The van der Waals surface area contributed by atoms with Crippen LogP contribution in [0.15, 0.2) is 36.5 Å². The monoisotopic (exact) mass is 330 g/mol. The third-order valence-corrected chi connectivity index (χ3v) is 3.34. The van der Waals surface area contributed by atoms with Gasteiger partial charge in [0.25, 0.3) is 11.6 Å². The number of hydrogen-bond donors (Lipinski definition) is 1. The third-order valence-electron chi connectivity index (χ3n) is 3.34. The first-order valence-electron chi connectivity index (χ1n) is 7.29. The summed E-state index contributed by atoms with van der Waals surface area (Å²) in [6.45, 7) is 2.96. The van der Waals surface area contributed by atoms with Gasteiger partial charge in [-0.3, -0.25) is 14.9 Å². The molecule has 0 atom stereocenters. The van der Waals surface area contributed by atoms with Crippen LogP contribution in [0.2, 0.25) is 0 Å². The summed E-state index contributed by atoms with van der Waals surface area (Å²) in [6.07, 6.45) is 1.11. The quantitative estimate of drug-likeness (QED) is 0.615. The van der Waals surface area contributed by atoms with Gasteiger partial charge in [0.2, 0.25) is 0 Å². The van der Waals surface area contributed by atoms with Gasteiger partial charge < -0.3 is 15.4 Å². The Labute approximate surface area is 139 Å². The van der Waals surface area contributed by atoms with Crippen LogP contribution in [0.5, 0.6) is 5.75 Å². The van der Waals surface area contributed by atoms with Crippen molar-refractivity contribution in [1.29, 1.82) is 0 Å². The summed E-state index contributed by atoms with van der Waals surface area (Å²) in [5, 5.41) is 10.8. The molecule has 0 unspecified atom stereocenters. The summed E-state index contributed by atoms with van der Waals surface area (Å²) in [5.74, 6) is 0.303. The van der Waals surface area contributed by atoms with Crippen molar-refractivity contribution < 1.29 is 14.5 Å². The average molecular weight is 330 g/mol. The molecule has 1 amide bonds. The van der Waals surface area contributed by atoms with Crippen molar-refractivity contribution in [3.8, 4) is 5.75 Å². The number of nitrogens with zero attached hydrogens (tertiary/aromatic N) is 3. The highest BCUT2D eigenvalue weighted by atomic mass is 16.6. The summed E-state index contributed by atoms with van der Waals surface area (Å²) in [5.41, 5.74) is 6.03. The molecular weight excluding hydrogens is 312 g/mol. The van der Waals surface area contributed by atoms with Crippen LogP contribution in [0.1, 0.15) is 22.8 Å². The number of benzene rings is 1. The predicted molar refractivity (Wildman–Crippen MR) is 89.1 cm³/mol. The molecule has 0 bridgehead atoms. The molecule has 1 heterocycles. The van der Waals surface area contributed by atoms with Crippen LogP contribution in [0, 0.1) is 10.1 Å². The van der Waals surface area contributed by atoms with E-state index in [4.69, 9.17) is 10.5 Å². The van der Waals surface area contributed by atoms with Gasteiger partial charge >= 0.3 is 0 Å². The van der Waals surface area contributed by atoms with Crippen molar-refractivity contribution in [3.05, 3.63) is 57.8 Å². The van der Waals surface area contributed by atoms with E-state index < -0.39 is 10.8 Å². The summed E-state index contributed by atoms with van der Waals surface area (Å²) in [7, 11) is 1.73. The summed E-state index contributed by atoms with van der Waals surface area (Å²) >= 11 is 0. The first-order valence-corrected chi connectivity index (χ1v) is 7.29. The second-order valence-electron chi connectivity index (χ2n) is 5.12. The van der Waals surface area contributed by atoms with E-state index in [2.05, 4.69) is 4.98 Å². The Kier molecular flexibility index (Phi) is 5.31. The predicted octanol–water partition coefficient (Wildman–Crippen LogP) is 2.12. The molecule has 1 aromatic carbocycles.